The molecule has 0 aliphatic carbocycles. The first-order chi connectivity index (χ1) is 17.8. The summed E-state index contributed by atoms with van der Waals surface area (Å²) in [6, 6.07) is 7.47. The Labute approximate surface area is 226 Å². The van der Waals surface area contributed by atoms with Gasteiger partial charge in [-0.1, -0.05) is 20.8 Å². The molecule has 1 heterocycles. The van der Waals surface area contributed by atoms with Gasteiger partial charge in [0.25, 0.3) is 5.91 Å². The van der Waals surface area contributed by atoms with Crippen molar-refractivity contribution in [2.24, 2.45) is 0 Å². The molecule has 9 heteroatoms. The van der Waals surface area contributed by atoms with Crippen molar-refractivity contribution < 1.29 is 19.1 Å². The second kappa shape index (κ2) is 11.4. The molecule has 2 N–H and O–H groups in total. The number of ketones is 1. The quantitative estimate of drug-likeness (QED) is 0.460. The summed E-state index contributed by atoms with van der Waals surface area (Å²) in [5.74, 6) is 0.686. The molecule has 0 radical (unpaired) electrons. The molecule has 0 spiro atoms. The Balaban J connectivity index is 1.97. The van der Waals surface area contributed by atoms with E-state index in [9.17, 15) is 9.59 Å². The van der Waals surface area contributed by atoms with Crippen molar-refractivity contribution in [3.63, 3.8) is 0 Å². The highest BCUT2D eigenvalue weighted by Gasteiger charge is 2.31. The Morgan fingerprint density at radius 3 is 2.32 bits per heavy atom. The van der Waals surface area contributed by atoms with Gasteiger partial charge in [0.1, 0.15) is 11.6 Å². The van der Waals surface area contributed by atoms with Crippen molar-refractivity contribution in [3.8, 4) is 5.75 Å². The van der Waals surface area contributed by atoms with Crippen LogP contribution >= 0.6 is 0 Å². The zero-order valence-corrected chi connectivity index (χ0v) is 24.1. The number of anilines is 2. The largest absolute Gasteiger partial charge is 0.494 e. The number of nitrogens with zero attached hydrogens (tertiary/aromatic N) is 3. The van der Waals surface area contributed by atoms with Gasteiger partial charge in [0.2, 0.25) is 0 Å². The highest BCUT2D eigenvalue weighted by molar-refractivity contribution is 6.08. The maximum absolute atomic E-state index is 13.7. The van der Waals surface area contributed by atoms with Gasteiger partial charge in [-0.3, -0.25) is 15.0 Å². The second-order valence-corrected chi connectivity index (χ2v) is 10.9. The molecule has 0 fully saturated rings. The molecule has 0 saturated heterocycles. The van der Waals surface area contributed by atoms with Crippen molar-refractivity contribution in [3.05, 3.63) is 52.1 Å². The van der Waals surface area contributed by atoms with E-state index < -0.39 is 0 Å². The SMILES string of the molecule is CNC(=O)c1cc2c(cc1N(C)C)CN(CC(=O)c1cc(N(C)CCOC)c(OC)c(C(C)(C)C)c1)C2=N. The molecular formula is C29H41N5O4. The number of ether oxygens (including phenoxy) is 2. The summed E-state index contributed by atoms with van der Waals surface area (Å²) in [5.41, 5.74) is 4.95. The first-order valence-corrected chi connectivity index (χ1v) is 12.7. The Kier molecular flexibility index (Phi) is 8.72. The van der Waals surface area contributed by atoms with Crippen LogP contribution in [0.4, 0.5) is 11.4 Å². The van der Waals surface area contributed by atoms with E-state index in [-0.39, 0.29) is 29.5 Å². The number of amidine groups is 1. The van der Waals surface area contributed by atoms with E-state index in [1.165, 1.54) is 0 Å². The molecule has 0 aromatic heterocycles. The number of fused-ring (bicyclic) bond motifs is 1. The highest BCUT2D eigenvalue weighted by Crippen LogP contribution is 2.40. The molecule has 206 valence electrons. The molecule has 1 aliphatic heterocycles. The number of carbonyl (C=O) groups is 2. The van der Waals surface area contributed by atoms with Crippen LogP contribution in [0.25, 0.3) is 0 Å². The maximum atomic E-state index is 13.7. The van der Waals surface area contributed by atoms with E-state index in [0.717, 1.165) is 28.3 Å². The van der Waals surface area contributed by atoms with Crippen LogP contribution in [-0.2, 0) is 16.7 Å². The number of hydrogen-bond donors (Lipinski definition) is 2. The van der Waals surface area contributed by atoms with Crippen LogP contribution in [0.15, 0.2) is 24.3 Å². The van der Waals surface area contributed by atoms with Crippen molar-refractivity contribution in [1.29, 1.82) is 5.41 Å². The van der Waals surface area contributed by atoms with Crippen LogP contribution in [0.5, 0.6) is 5.75 Å². The van der Waals surface area contributed by atoms with Gasteiger partial charge in [-0.2, -0.15) is 0 Å². The van der Waals surface area contributed by atoms with Gasteiger partial charge in [0.05, 0.1) is 31.5 Å². The lowest BCUT2D eigenvalue weighted by Gasteiger charge is -2.29. The molecule has 1 aliphatic rings. The van der Waals surface area contributed by atoms with Crippen molar-refractivity contribution in [1.82, 2.24) is 10.2 Å². The standard InChI is InChI=1S/C29H41N5O4/c1-29(2,3)22-12-18(13-24(26(22)38-9)33(7)10-11-37-8)25(35)17-34-16-19-14-23(32(5)6)21(28(36)31-4)15-20(19)27(34)30/h12-15,30H,10-11,16-17H2,1-9H3,(H,31,36). The number of nitrogens with one attached hydrogen (secondary N) is 2. The lowest BCUT2D eigenvalue weighted by atomic mass is 9.84. The topological polar surface area (TPSA) is 98.2 Å². The smallest absolute Gasteiger partial charge is 0.253 e. The number of rotatable bonds is 10. The molecule has 2 aromatic carbocycles. The summed E-state index contributed by atoms with van der Waals surface area (Å²) in [4.78, 5) is 31.9. The van der Waals surface area contributed by atoms with Gasteiger partial charge in [-0.05, 0) is 35.2 Å². The Morgan fingerprint density at radius 1 is 1.08 bits per heavy atom. The monoisotopic (exact) mass is 523 g/mol. The minimum atomic E-state index is -0.256. The summed E-state index contributed by atoms with van der Waals surface area (Å²) in [7, 11) is 10.6. The number of amides is 1. The zero-order valence-electron chi connectivity index (χ0n) is 24.1. The first kappa shape index (κ1) is 29.0. The van der Waals surface area contributed by atoms with Gasteiger partial charge in [0.15, 0.2) is 5.78 Å². The molecule has 3 rings (SSSR count). The van der Waals surface area contributed by atoms with Crippen molar-refractivity contribution in [2.45, 2.75) is 32.7 Å². The Hall–Kier alpha value is -3.59. The fraction of sp³-hybridized carbons (Fsp3) is 0.483. The molecule has 38 heavy (non-hydrogen) atoms. The molecule has 0 atom stereocenters. The van der Waals surface area contributed by atoms with E-state index in [0.29, 0.717) is 36.4 Å². The van der Waals surface area contributed by atoms with Crippen LogP contribution in [0.3, 0.4) is 0 Å². The fourth-order valence-corrected chi connectivity index (χ4v) is 4.70. The number of hydrogen-bond acceptors (Lipinski definition) is 7. The molecule has 0 saturated carbocycles. The normalized spacial score (nSPS) is 12.9. The average Bonchev–Trinajstić information content (AvgIpc) is 3.18. The minimum absolute atomic E-state index is 0.0528. The summed E-state index contributed by atoms with van der Waals surface area (Å²) in [6.07, 6.45) is 0. The third-order valence-corrected chi connectivity index (χ3v) is 6.89. The lowest BCUT2D eigenvalue weighted by Crippen LogP contribution is -2.31. The van der Waals surface area contributed by atoms with E-state index in [1.54, 1.807) is 32.2 Å². The maximum Gasteiger partial charge on any atom is 0.253 e. The number of methoxy groups -OCH3 is 2. The number of likely N-dealkylation sites (N-methyl/N-ethyl adjacent to an activating group) is 1. The minimum Gasteiger partial charge on any atom is -0.494 e. The molecule has 1 amide bonds. The first-order valence-electron chi connectivity index (χ1n) is 12.7. The molecule has 9 nitrogen and oxygen atoms in total. The fourth-order valence-electron chi connectivity index (χ4n) is 4.70. The van der Waals surface area contributed by atoms with Gasteiger partial charge < -0.3 is 29.5 Å². The third kappa shape index (κ3) is 5.78. The van der Waals surface area contributed by atoms with Crippen LogP contribution in [0.2, 0.25) is 0 Å². The van der Waals surface area contributed by atoms with Crippen LogP contribution in [-0.4, -0.2) is 84.5 Å². The number of carbonyl (C=O) groups excluding carboxylic acids is 2. The van der Waals surface area contributed by atoms with Crippen molar-refractivity contribution in [2.75, 3.05) is 71.9 Å². The summed E-state index contributed by atoms with van der Waals surface area (Å²) in [6.45, 7) is 7.95. The molecule has 0 unspecified atom stereocenters. The Morgan fingerprint density at radius 2 is 1.76 bits per heavy atom. The Bertz CT molecular complexity index is 1230. The zero-order chi connectivity index (χ0) is 28.4. The average molecular weight is 524 g/mol. The van der Waals surface area contributed by atoms with Crippen molar-refractivity contribution >= 4 is 28.9 Å². The second-order valence-electron chi connectivity index (χ2n) is 10.9. The summed E-state index contributed by atoms with van der Waals surface area (Å²) >= 11 is 0. The van der Waals surface area contributed by atoms with E-state index in [1.807, 2.05) is 49.1 Å². The van der Waals surface area contributed by atoms with Gasteiger partial charge >= 0.3 is 0 Å². The van der Waals surface area contributed by atoms with E-state index >= 15 is 0 Å². The number of Topliss-reactive ketones (excluding diaryl/α,β-unsaturated/α-hetero) is 1. The highest BCUT2D eigenvalue weighted by atomic mass is 16.5. The molecule has 0 bridgehead atoms. The third-order valence-electron chi connectivity index (χ3n) is 6.89. The van der Waals surface area contributed by atoms with Crippen LogP contribution in [0, 0.1) is 5.41 Å². The van der Waals surface area contributed by atoms with E-state index in [4.69, 9.17) is 14.9 Å². The van der Waals surface area contributed by atoms with E-state index in [2.05, 4.69) is 26.1 Å². The lowest BCUT2D eigenvalue weighted by molar-refractivity contribution is 0.0955. The predicted octanol–water partition coefficient (Wildman–Crippen LogP) is 3.52. The molecule has 2 aromatic rings. The predicted molar refractivity (Wildman–Crippen MR) is 153 cm³/mol. The van der Waals surface area contributed by atoms with Gasteiger partial charge in [-0.15, -0.1) is 0 Å². The summed E-state index contributed by atoms with van der Waals surface area (Å²) < 4.78 is 11.1. The van der Waals surface area contributed by atoms with Gasteiger partial charge in [0, 0.05) is 70.8 Å². The molecular weight excluding hydrogens is 482 g/mol. The van der Waals surface area contributed by atoms with Gasteiger partial charge in [-0.25, -0.2) is 0 Å². The van der Waals surface area contributed by atoms with Crippen LogP contribution in [0.1, 0.15) is 58.2 Å². The van der Waals surface area contributed by atoms with Crippen LogP contribution < -0.4 is 19.9 Å². The number of benzene rings is 2. The summed E-state index contributed by atoms with van der Waals surface area (Å²) in [5, 5.41) is 11.5.